The van der Waals surface area contributed by atoms with Gasteiger partial charge >= 0.3 is 0 Å². The summed E-state index contributed by atoms with van der Waals surface area (Å²) < 4.78 is 5.54. The van der Waals surface area contributed by atoms with Crippen LogP contribution in [0.4, 0.5) is 11.4 Å². The fourth-order valence-corrected chi connectivity index (χ4v) is 2.89. The molecule has 0 radical (unpaired) electrons. The van der Waals surface area contributed by atoms with E-state index in [9.17, 15) is 9.59 Å². The number of hydrogen-bond acceptors (Lipinski definition) is 3. The molecule has 0 aromatic heterocycles. The van der Waals surface area contributed by atoms with Crippen LogP contribution in [0.1, 0.15) is 30.9 Å². The lowest BCUT2D eigenvalue weighted by Crippen LogP contribution is -2.36. The Labute approximate surface area is 153 Å². The van der Waals surface area contributed by atoms with Crippen molar-refractivity contribution in [1.29, 1.82) is 0 Å². The zero-order chi connectivity index (χ0) is 18.7. The van der Waals surface area contributed by atoms with Crippen molar-refractivity contribution in [2.45, 2.75) is 33.6 Å². The number of aryl methyl sites for hydroxylation is 2. The van der Waals surface area contributed by atoms with E-state index in [1.54, 1.807) is 12.1 Å². The molecular weight excluding hydrogens is 328 g/mol. The van der Waals surface area contributed by atoms with Crippen molar-refractivity contribution in [3.05, 3.63) is 53.6 Å². The lowest BCUT2D eigenvalue weighted by molar-refractivity contribution is -0.131. The van der Waals surface area contributed by atoms with Crippen molar-refractivity contribution in [1.82, 2.24) is 0 Å². The predicted molar refractivity (Wildman–Crippen MR) is 102 cm³/mol. The van der Waals surface area contributed by atoms with E-state index in [0.29, 0.717) is 30.9 Å². The molecule has 2 N–H and O–H groups in total. The Hall–Kier alpha value is -2.82. The molecular formula is C21H24N2O3. The van der Waals surface area contributed by atoms with E-state index in [2.05, 4.69) is 10.6 Å². The van der Waals surface area contributed by atoms with Crippen LogP contribution in [0, 0.1) is 19.3 Å². The molecule has 2 aromatic carbocycles. The van der Waals surface area contributed by atoms with Gasteiger partial charge in [-0.25, -0.2) is 0 Å². The number of hydrogen-bond donors (Lipinski definition) is 2. The molecule has 0 atom stereocenters. The van der Waals surface area contributed by atoms with Crippen LogP contribution in [-0.2, 0) is 9.59 Å². The van der Waals surface area contributed by atoms with Crippen LogP contribution in [0.25, 0.3) is 0 Å². The molecule has 1 aliphatic carbocycles. The summed E-state index contributed by atoms with van der Waals surface area (Å²) in [6, 6.07) is 13.1. The average Bonchev–Trinajstić information content (AvgIpc) is 3.42. The minimum absolute atomic E-state index is 0.252. The van der Waals surface area contributed by atoms with Gasteiger partial charge in [-0.2, -0.15) is 0 Å². The van der Waals surface area contributed by atoms with Gasteiger partial charge in [0.05, 0.1) is 12.3 Å². The lowest BCUT2D eigenvalue weighted by Gasteiger charge is -2.18. The molecule has 0 spiro atoms. The summed E-state index contributed by atoms with van der Waals surface area (Å²) in [7, 11) is 0. The predicted octanol–water partition coefficient (Wildman–Crippen LogP) is 4.06. The molecule has 1 saturated carbocycles. The average molecular weight is 352 g/mol. The third kappa shape index (κ3) is 3.57. The molecule has 1 fully saturated rings. The number of carbonyl (C=O) groups is 2. The van der Waals surface area contributed by atoms with Gasteiger partial charge in [0.25, 0.3) is 0 Å². The highest BCUT2D eigenvalue weighted by atomic mass is 16.5. The number of nitrogens with one attached hydrogen (secondary N) is 2. The Morgan fingerprint density at radius 1 is 1.00 bits per heavy atom. The summed E-state index contributed by atoms with van der Waals surface area (Å²) in [6.45, 7) is 6.30. The van der Waals surface area contributed by atoms with E-state index >= 15 is 0 Å². The second-order valence-corrected chi connectivity index (χ2v) is 6.74. The number of benzene rings is 2. The maximum Gasteiger partial charge on any atom is 0.240 e. The van der Waals surface area contributed by atoms with E-state index < -0.39 is 5.41 Å². The maximum absolute atomic E-state index is 12.8. The summed E-state index contributed by atoms with van der Waals surface area (Å²) in [5, 5.41) is 5.80. The van der Waals surface area contributed by atoms with E-state index in [1.807, 2.05) is 51.1 Å². The van der Waals surface area contributed by atoms with Gasteiger partial charge in [-0.3, -0.25) is 9.59 Å². The summed E-state index contributed by atoms with van der Waals surface area (Å²) in [5.74, 6) is 0.0686. The van der Waals surface area contributed by atoms with Crippen LogP contribution in [0.3, 0.4) is 0 Å². The fourth-order valence-electron chi connectivity index (χ4n) is 2.89. The van der Waals surface area contributed by atoms with Crippen LogP contribution in [-0.4, -0.2) is 18.4 Å². The molecule has 0 aliphatic heterocycles. The zero-order valence-corrected chi connectivity index (χ0v) is 15.4. The number of carbonyl (C=O) groups excluding carboxylic acids is 2. The number of para-hydroxylation sites is 2. The third-order valence-electron chi connectivity index (χ3n) is 4.70. The van der Waals surface area contributed by atoms with Gasteiger partial charge in [-0.15, -0.1) is 0 Å². The van der Waals surface area contributed by atoms with Crippen LogP contribution < -0.4 is 15.4 Å². The van der Waals surface area contributed by atoms with Crippen LogP contribution in [0.2, 0.25) is 0 Å². The molecule has 0 bridgehead atoms. The molecule has 3 rings (SSSR count). The maximum atomic E-state index is 12.8. The highest BCUT2D eigenvalue weighted by molar-refractivity contribution is 6.17. The number of ether oxygens (including phenoxy) is 1. The summed E-state index contributed by atoms with van der Waals surface area (Å²) in [4.78, 5) is 25.6. The first-order valence-corrected chi connectivity index (χ1v) is 8.88. The van der Waals surface area contributed by atoms with Crippen LogP contribution in [0.15, 0.2) is 42.5 Å². The van der Waals surface area contributed by atoms with Gasteiger partial charge in [-0.05, 0) is 62.9 Å². The Balaban J connectivity index is 1.75. The molecule has 5 heteroatoms. The van der Waals surface area contributed by atoms with Gasteiger partial charge < -0.3 is 15.4 Å². The summed E-state index contributed by atoms with van der Waals surface area (Å²) in [5.41, 5.74) is 2.37. The fraction of sp³-hybridized carbons (Fsp3) is 0.333. The van der Waals surface area contributed by atoms with Crippen LogP contribution in [0.5, 0.6) is 5.75 Å². The number of rotatable bonds is 6. The number of anilines is 2. The highest BCUT2D eigenvalue weighted by Crippen LogP contribution is 2.48. The van der Waals surface area contributed by atoms with E-state index in [4.69, 9.17) is 4.74 Å². The first-order valence-electron chi connectivity index (χ1n) is 8.88. The third-order valence-corrected chi connectivity index (χ3v) is 4.70. The molecule has 0 unspecified atom stereocenters. The Morgan fingerprint density at radius 3 is 2.31 bits per heavy atom. The van der Waals surface area contributed by atoms with Crippen molar-refractivity contribution < 1.29 is 14.3 Å². The molecule has 0 heterocycles. The standard InChI is InChI=1S/C21H24N2O3/c1-4-26-18-8-6-5-7-16(18)22-19(24)21(11-12-21)20(25)23-17-13-14(2)9-10-15(17)3/h5-10,13H,4,11-12H2,1-3H3,(H,22,24)(H,23,25). The lowest BCUT2D eigenvalue weighted by atomic mass is 10.0. The van der Waals surface area contributed by atoms with Crippen molar-refractivity contribution in [3.63, 3.8) is 0 Å². The minimum Gasteiger partial charge on any atom is -0.492 e. The molecule has 1 aliphatic rings. The highest BCUT2D eigenvalue weighted by Gasteiger charge is 2.56. The monoisotopic (exact) mass is 352 g/mol. The van der Waals surface area contributed by atoms with Crippen LogP contribution >= 0.6 is 0 Å². The first kappa shape index (κ1) is 18.0. The SMILES string of the molecule is CCOc1ccccc1NC(=O)C1(C(=O)Nc2cc(C)ccc2C)CC1. The van der Waals surface area contributed by atoms with Crippen molar-refractivity contribution in [2.75, 3.05) is 17.2 Å². The van der Waals surface area contributed by atoms with Gasteiger partial charge in [0.15, 0.2) is 0 Å². The normalized spacial score (nSPS) is 14.4. The molecule has 5 nitrogen and oxygen atoms in total. The molecule has 136 valence electrons. The minimum atomic E-state index is -1.00. The van der Waals surface area contributed by atoms with Gasteiger partial charge in [0.1, 0.15) is 11.2 Å². The van der Waals surface area contributed by atoms with E-state index in [0.717, 1.165) is 16.8 Å². The molecule has 0 saturated heterocycles. The molecule has 2 amide bonds. The molecule has 26 heavy (non-hydrogen) atoms. The van der Waals surface area contributed by atoms with Crippen molar-refractivity contribution in [2.24, 2.45) is 5.41 Å². The molecule has 2 aromatic rings. The topological polar surface area (TPSA) is 67.4 Å². The Bertz CT molecular complexity index is 841. The van der Waals surface area contributed by atoms with E-state index in [1.165, 1.54) is 0 Å². The van der Waals surface area contributed by atoms with Crippen molar-refractivity contribution in [3.8, 4) is 5.75 Å². The van der Waals surface area contributed by atoms with Gasteiger partial charge in [0.2, 0.25) is 11.8 Å². The number of amides is 2. The second kappa shape index (κ2) is 7.20. The van der Waals surface area contributed by atoms with Crippen molar-refractivity contribution >= 4 is 23.2 Å². The first-order chi connectivity index (χ1) is 12.5. The van der Waals surface area contributed by atoms with Gasteiger partial charge in [-0.1, -0.05) is 24.3 Å². The largest absolute Gasteiger partial charge is 0.492 e. The second-order valence-electron chi connectivity index (χ2n) is 6.74. The Morgan fingerprint density at radius 2 is 1.65 bits per heavy atom. The quantitative estimate of drug-likeness (QED) is 0.771. The zero-order valence-electron chi connectivity index (χ0n) is 15.4. The van der Waals surface area contributed by atoms with Gasteiger partial charge in [0, 0.05) is 5.69 Å². The van der Waals surface area contributed by atoms with E-state index in [-0.39, 0.29) is 11.8 Å². The summed E-state index contributed by atoms with van der Waals surface area (Å²) >= 11 is 0. The smallest absolute Gasteiger partial charge is 0.240 e. The Kier molecular flexibility index (Phi) is 4.98. The summed E-state index contributed by atoms with van der Waals surface area (Å²) in [6.07, 6.45) is 1.10.